The van der Waals surface area contributed by atoms with E-state index in [-0.39, 0.29) is 0 Å². The third-order valence-electron chi connectivity index (χ3n) is 3.71. The molecule has 0 radical (unpaired) electrons. The number of benzene rings is 2. The Balaban J connectivity index is 2.59. The lowest BCUT2D eigenvalue weighted by molar-refractivity contribution is -0.312. The van der Waals surface area contributed by atoms with Crippen molar-refractivity contribution in [3.8, 4) is 0 Å². The van der Waals surface area contributed by atoms with Crippen LogP contribution in [0.25, 0.3) is 0 Å². The zero-order chi connectivity index (χ0) is 14.6. The van der Waals surface area contributed by atoms with E-state index in [9.17, 15) is 5.11 Å². The maximum absolute atomic E-state index is 11.1. The van der Waals surface area contributed by atoms with Crippen LogP contribution in [0.5, 0.6) is 0 Å². The van der Waals surface area contributed by atoms with Gasteiger partial charge in [-0.1, -0.05) is 60.7 Å². The van der Waals surface area contributed by atoms with Crippen LogP contribution in [0.1, 0.15) is 18.1 Å². The topological polar surface area (TPSA) is 38.7 Å². The molecule has 20 heavy (non-hydrogen) atoms. The molecular weight excluding hydrogens is 252 g/mol. The van der Waals surface area contributed by atoms with E-state index < -0.39 is 11.4 Å². The lowest BCUT2D eigenvalue weighted by atomic mass is 9.82. The van der Waals surface area contributed by atoms with Gasteiger partial charge in [0, 0.05) is 19.8 Å². The molecule has 0 spiro atoms. The molecule has 0 amide bonds. The predicted molar refractivity (Wildman–Crippen MR) is 78.2 cm³/mol. The van der Waals surface area contributed by atoms with Crippen LogP contribution in [0.2, 0.25) is 0 Å². The summed E-state index contributed by atoms with van der Waals surface area (Å²) in [6, 6.07) is 18.8. The molecule has 0 saturated carbocycles. The van der Waals surface area contributed by atoms with E-state index in [4.69, 9.17) is 9.47 Å². The summed E-state index contributed by atoms with van der Waals surface area (Å²) in [5.74, 6) is -1.27. The van der Waals surface area contributed by atoms with Gasteiger partial charge in [0.15, 0.2) is 0 Å². The second kappa shape index (κ2) is 5.75. The number of ether oxygens (including phenoxy) is 2. The van der Waals surface area contributed by atoms with E-state index in [1.165, 1.54) is 14.2 Å². The maximum Gasteiger partial charge on any atom is 0.228 e. The first-order valence-electron chi connectivity index (χ1n) is 6.52. The molecule has 2 aromatic carbocycles. The van der Waals surface area contributed by atoms with Gasteiger partial charge in [0.1, 0.15) is 5.60 Å². The molecule has 2 aromatic rings. The van der Waals surface area contributed by atoms with Gasteiger partial charge in [-0.15, -0.1) is 0 Å². The van der Waals surface area contributed by atoms with Crippen molar-refractivity contribution in [1.29, 1.82) is 0 Å². The lowest BCUT2D eigenvalue weighted by Crippen LogP contribution is -2.50. The molecule has 2 rings (SSSR count). The van der Waals surface area contributed by atoms with E-state index >= 15 is 0 Å². The second-order valence-corrected chi connectivity index (χ2v) is 4.83. The molecule has 3 nitrogen and oxygen atoms in total. The highest BCUT2D eigenvalue weighted by Gasteiger charge is 2.51. The van der Waals surface area contributed by atoms with Gasteiger partial charge in [-0.05, 0) is 12.5 Å². The van der Waals surface area contributed by atoms with Crippen LogP contribution in [0.4, 0.5) is 0 Å². The van der Waals surface area contributed by atoms with Crippen LogP contribution in [0, 0.1) is 0 Å². The van der Waals surface area contributed by atoms with E-state index in [1.807, 2.05) is 60.7 Å². The van der Waals surface area contributed by atoms with Crippen molar-refractivity contribution in [3.63, 3.8) is 0 Å². The van der Waals surface area contributed by atoms with Crippen molar-refractivity contribution >= 4 is 0 Å². The van der Waals surface area contributed by atoms with Gasteiger partial charge in [-0.2, -0.15) is 0 Å². The average molecular weight is 272 g/mol. The average Bonchev–Trinajstić information content (AvgIpc) is 2.51. The summed E-state index contributed by atoms with van der Waals surface area (Å²) < 4.78 is 11.2. The molecule has 106 valence electrons. The molecule has 0 heterocycles. The van der Waals surface area contributed by atoms with Crippen LogP contribution < -0.4 is 0 Å². The Bertz CT molecular complexity index is 531. The molecule has 3 heteroatoms. The summed E-state index contributed by atoms with van der Waals surface area (Å²) in [6.45, 7) is 1.70. The molecule has 1 N–H and O–H groups in total. The smallest absolute Gasteiger partial charge is 0.228 e. The summed E-state index contributed by atoms with van der Waals surface area (Å²) >= 11 is 0. The minimum absolute atomic E-state index is 0.729. The summed E-state index contributed by atoms with van der Waals surface area (Å²) in [5.41, 5.74) is 0.158. The molecule has 1 unspecified atom stereocenters. The standard InChI is InChI=1S/C17H20O3/c1-16(18,14-10-6-4-7-11-14)17(19-2,20-3)15-12-8-5-9-13-15/h4-13,18H,1-3H3. The molecule has 0 saturated heterocycles. The molecular formula is C17H20O3. The Morgan fingerprint density at radius 3 is 1.55 bits per heavy atom. The molecule has 0 aromatic heterocycles. The van der Waals surface area contributed by atoms with E-state index in [0.717, 1.165) is 11.1 Å². The quantitative estimate of drug-likeness (QED) is 0.850. The van der Waals surface area contributed by atoms with Gasteiger partial charge in [-0.3, -0.25) is 0 Å². The van der Waals surface area contributed by atoms with Crippen molar-refractivity contribution in [2.45, 2.75) is 18.3 Å². The highest BCUT2D eigenvalue weighted by atomic mass is 16.7. The van der Waals surface area contributed by atoms with E-state index in [1.54, 1.807) is 6.92 Å². The normalized spacial score (nSPS) is 14.8. The molecule has 0 aliphatic rings. The number of hydrogen-bond acceptors (Lipinski definition) is 3. The lowest BCUT2D eigenvalue weighted by Gasteiger charge is -2.43. The highest BCUT2D eigenvalue weighted by Crippen LogP contribution is 2.43. The van der Waals surface area contributed by atoms with Crippen molar-refractivity contribution in [2.24, 2.45) is 0 Å². The third kappa shape index (κ3) is 2.24. The van der Waals surface area contributed by atoms with Gasteiger partial charge in [0.05, 0.1) is 0 Å². The summed E-state index contributed by atoms with van der Waals surface area (Å²) in [6.07, 6.45) is 0. The zero-order valence-corrected chi connectivity index (χ0v) is 12.0. The minimum atomic E-state index is -1.33. The van der Waals surface area contributed by atoms with Crippen LogP contribution in [-0.2, 0) is 20.9 Å². The van der Waals surface area contributed by atoms with E-state index in [2.05, 4.69) is 0 Å². The van der Waals surface area contributed by atoms with Gasteiger partial charge < -0.3 is 14.6 Å². The first-order valence-corrected chi connectivity index (χ1v) is 6.52. The number of methoxy groups -OCH3 is 2. The first-order chi connectivity index (χ1) is 9.58. The predicted octanol–water partition coefficient (Wildman–Crippen LogP) is 3.04. The van der Waals surface area contributed by atoms with Crippen molar-refractivity contribution in [2.75, 3.05) is 14.2 Å². The van der Waals surface area contributed by atoms with Gasteiger partial charge >= 0.3 is 0 Å². The Hall–Kier alpha value is -1.68. The van der Waals surface area contributed by atoms with Crippen LogP contribution in [0.15, 0.2) is 60.7 Å². The SMILES string of the molecule is COC(OC)(c1ccccc1)C(C)(O)c1ccccc1. The fourth-order valence-electron chi connectivity index (χ4n) is 2.61. The van der Waals surface area contributed by atoms with Gasteiger partial charge in [0.2, 0.25) is 5.79 Å². The maximum atomic E-state index is 11.1. The van der Waals surface area contributed by atoms with Gasteiger partial charge in [-0.25, -0.2) is 0 Å². The summed E-state index contributed by atoms with van der Waals surface area (Å²) in [7, 11) is 3.07. The molecule has 0 bridgehead atoms. The third-order valence-corrected chi connectivity index (χ3v) is 3.71. The Morgan fingerprint density at radius 2 is 1.15 bits per heavy atom. The monoisotopic (exact) mass is 272 g/mol. The van der Waals surface area contributed by atoms with Crippen molar-refractivity contribution < 1.29 is 14.6 Å². The molecule has 0 fully saturated rings. The number of hydrogen-bond donors (Lipinski definition) is 1. The van der Waals surface area contributed by atoms with Crippen LogP contribution in [0.3, 0.4) is 0 Å². The Labute approximate surface area is 119 Å². The summed E-state index contributed by atoms with van der Waals surface area (Å²) in [5, 5.41) is 11.1. The van der Waals surface area contributed by atoms with Crippen molar-refractivity contribution in [1.82, 2.24) is 0 Å². The highest BCUT2D eigenvalue weighted by molar-refractivity contribution is 5.31. The number of rotatable bonds is 5. The first kappa shape index (κ1) is 14.7. The molecule has 0 aliphatic heterocycles. The van der Waals surface area contributed by atoms with Crippen LogP contribution >= 0.6 is 0 Å². The Kier molecular flexibility index (Phi) is 4.23. The summed E-state index contributed by atoms with van der Waals surface area (Å²) in [4.78, 5) is 0. The zero-order valence-electron chi connectivity index (χ0n) is 12.0. The van der Waals surface area contributed by atoms with E-state index in [0.29, 0.717) is 0 Å². The van der Waals surface area contributed by atoms with Gasteiger partial charge in [0.25, 0.3) is 0 Å². The largest absolute Gasteiger partial charge is 0.379 e. The van der Waals surface area contributed by atoms with Crippen LogP contribution in [-0.4, -0.2) is 19.3 Å². The number of aliphatic hydroxyl groups is 1. The molecule has 0 aliphatic carbocycles. The second-order valence-electron chi connectivity index (χ2n) is 4.83. The van der Waals surface area contributed by atoms with Crippen molar-refractivity contribution in [3.05, 3.63) is 71.8 Å². The minimum Gasteiger partial charge on any atom is -0.379 e. The molecule has 1 atom stereocenters. The fraction of sp³-hybridized carbons (Fsp3) is 0.294. The Morgan fingerprint density at radius 1 is 0.750 bits per heavy atom. The fourth-order valence-corrected chi connectivity index (χ4v) is 2.61.